The van der Waals surface area contributed by atoms with Crippen molar-refractivity contribution in [1.82, 2.24) is 10.2 Å². The van der Waals surface area contributed by atoms with Crippen LogP contribution in [0.4, 0.5) is 13.2 Å². The molecule has 1 amide bonds. The van der Waals surface area contributed by atoms with Crippen LogP contribution < -0.4 is 5.32 Å². The number of carbonyl (C=O) groups is 1. The minimum atomic E-state index is -4.48. The number of ether oxygens (including phenoxy) is 1. The number of amides is 1. The largest absolute Gasteiger partial charge is 0.404 e. The fourth-order valence-electron chi connectivity index (χ4n) is 2.23. The molecule has 1 fully saturated rings. The van der Waals surface area contributed by atoms with Crippen molar-refractivity contribution in [2.24, 2.45) is 0 Å². The molecular formula is C13H20F3N3O2. The first kappa shape index (κ1) is 17.7. The number of halogens is 3. The third kappa shape index (κ3) is 5.89. The van der Waals surface area contributed by atoms with Crippen LogP contribution in [-0.4, -0.2) is 55.4 Å². The Bertz CT molecular complexity index is 376. The van der Waals surface area contributed by atoms with Gasteiger partial charge in [0.05, 0.1) is 25.7 Å². The summed E-state index contributed by atoms with van der Waals surface area (Å²) in [5, 5.41) is 11.2. The highest BCUT2D eigenvalue weighted by molar-refractivity contribution is 5.77. The van der Waals surface area contributed by atoms with Gasteiger partial charge >= 0.3 is 6.18 Å². The van der Waals surface area contributed by atoms with Crippen molar-refractivity contribution in [1.29, 1.82) is 5.26 Å². The zero-order valence-electron chi connectivity index (χ0n) is 11.9. The van der Waals surface area contributed by atoms with Crippen LogP contribution in [0.2, 0.25) is 0 Å². The van der Waals surface area contributed by atoms with Crippen molar-refractivity contribution in [3.8, 4) is 6.07 Å². The van der Waals surface area contributed by atoms with Gasteiger partial charge in [0, 0.05) is 13.1 Å². The summed E-state index contributed by atoms with van der Waals surface area (Å²) in [6.07, 6.45) is -4.08. The molecule has 1 aliphatic heterocycles. The van der Waals surface area contributed by atoms with E-state index in [4.69, 9.17) is 10.00 Å². The summed E-state index contributed by atoms with van der Waals surface area (Å²) in [6.45, 7) is 2.58. The average Bonchev–Trinajstić information content (AvgIpc) is 2.44. The Morgan fingerprint density at radius 3 is 2.52 bits per heavy atom. The number of nitrogens with one attached hydrogen (secondary N) is 1. The van der Waals surface area contributed by atoms with Gasteiger partial charge in [0.1, 0.15) is 12.1 Å². The van der Waals surface area contributed by atoms with Crippen molar-refractivity contribution in [2.75, 3.05) is 26.3 Å². The van der Waals surface area contributed by atoms with Gasteiger partial charge in [-0.25, -0.2) is 0 Å². The van der Waals surface area contributed by atoms with Gasteiger partial charge in [-0.3, -0.25) is 9.69 Å². The van der Waals surface area contributed by atoms with Gasteiger partial charge in [0.2, 0.25) is 5.91 Å². The molecule has 1 rings (SSSR count). The van der Waals surface area contributed by atoms with E-state index in [1.165, 1.54) is 4.90 Å². The third-order valence-corrected chi connectivity index (χ3v) is 3.31. The standard InChI is InChI=1S/C13H20F3N3O2/c1-2-3-10(9-17)18-12(20)8-11(13(14,15)16)19-4-6-21-7-5-19/h10-11H,2-8H2,1H3,(H,18,20). The minimum Gasteiger partial charge on any atom is -0.379 e. The van der Waals surface area contributed by atoms with Crippen molar-refractivity contribution >= 4 is 5.91 Å². The molecule has 0 saturated carbocycles. The van der Waals surface area contributed by atoms with Crippen molar-refractivity contribution in [3.63, 3.8) is 0 Å². The molecule has 1 heterocycles. The molecule has 2 atom stereocenters. The Labute approximate surface area is 122 Å². The van der Waals surface area contributed by atoms with Crippen LogP contribution in [0.25, 0.3) is 0 Å². The first-order chi connectivity index (χ1) is 9.88. The Balaban J connectivity index is 2.64. The van der Waals surface area contributed by atoms with Crippen LogP contribution in [0.3, 0.4) is 0 Å². The summed E-state index contributed by atoms with van der Waals surface area (Å²) in [7, 11) is 0. The smallest absolute Gasteiger partial charge is 0.379 e. The van der Waals surface area contributed by atoms with Gasteiger partial charge in [-0.05, 0) is 6.42 Å². The molecule has 0 aromatic carbocycles. The Morgan fingerprint density at radius 2 is 2.05 bits per heavy atom. The molecule has 1 N–H and O–H groups in total. The van der Waals surface area contributed by atoms with Crippen molar-refractivity contribution in [2.45, 2.75) is 44.4 Å². The SMILES string of the molecule is CCCC(C#N)NC(=O)CC(N1CCOCC1)C(F)(F)F. The molecule has 1 aliphatic rings. The summed E-state index contributed by atoms with van der Waals surface area (Å²) in [6, 6.07) is -0.688. The third-order valence-electron chi connectivity index (χ3n) is 3.31. The highest BCUT2D eigenvalue weighted by Crippen LogP contribution is 2.28. The lowest BCUT2D eigenvalue weighted by molar-refractivity contribution is -0.194. The van der Waals surface area contributed by atoms with E-state index < -0.39 is 30.6 Å². The van der Waals surface area contributed by atoms with Gasteiger partial charge in [0.25, 0.3) is 0 Å². The molecule has 21 heavy (non-hydrogen) atoms. The average molecular weight is 307 g/mol. The van der Waals surface area contributed by atoms with Gasteiger partial charge < -0.3 is 10.1 Å². The summed E-state index contributed by atoms with van der Waals surface area (Å²) < 4.78 is 44.3. The zero-order valence-corrected chi connectivity index (χ0v) is 11.9. The maximum atomic E-state index is 13.1. The molecule has 2 unspecified atom stereocenters. The summed E-state index contributed by atoms with van der Waals surface area (Å²) in [4.78, 5) is 13.0. The lowest BCUT2D eigenvalue weighted by Gasteiger charge is -2.35. The maximum absolute atomic E-state index is 13.1. The summed E-state index contributed by atoms with van der Waals surface area (Å²) in [5.74, 6) is -0.746. The van der Waals surface area contributed by atoms with Crippen molar-refractivity contribution in [3.05, 3.63) is 0 Å². The molecule has 0 aliphatic carbocycles. The van der Waals surface area contributed by atoms with E-state index in [0.717, 1.165) is 0 Å². The minimum absolute atomic E-state index is 0.147. The fourth-order valence-corrected chi connectivity index (χ4v) is 2.23. The lowest BCUT2D eigenvalue weighted by atomic mass is 10.1. The summed E-state index contributed by atoms with van der Waals surface area (Å²) >= 11 is 0. The lowest BCUT2D eigenvalue weighted by Crippen LogP contribution is -2.52. The van der Waals surface area contributed by atoms with Crippen LogP contribution in [0, 0.1) is 11.3 Å². The zero-order chi connectivity index (χ0) is 15.9. The first-order valence-corrected chi connectivity index (χ1v) is 6.96. The molecule has 0 aromatic heterocycles. The van der Waals surface area contributed by atoms with Crippen LogP contribution in [0.5, 0.6) is 0 Å². The topological polar surface area (TPSA) is 65.4 Å². The Kier molecular flexibility index (Phi) is 6.92. The van der Waals surface area contributed by atoms with E-state index in [1.807, 2.05) is 13.0 Å². The molecule has 8 heteroatoms. The number of hydrogen-bond donors (Lipinski definition) is 1. The molecular weight excluding hydrogens is 287 g/mol. The van der Waals surface area contributed by atoms with E-state index in [-0.39, 0.29) is 26.3 Å². The molecule has 0 radical (unpaired) electrons. The van der Waals surface area contributed by atoms with E-state index in [9.17, 15) is 18.0 Å². The molecule has 5 nitrogen and oxygen atoms in total. The molecule has 0 aromatic rings. The van der Waals surface area contributed by atoms with Crippen LogP contribution in [0.1, 0.15) is 26.2 Å². The maximum Gasteiger partial charge on any atom is 0.404 e. The second kappa shape index (κ2) is 8.20. The quantitative estimate of drug-likeness (QED) is 0.806. The summed E-state index contributed by atoms with van der Waals surface area (Å²) in [5.41, 5.74) is 0. The first-order valence-electron chi connectivity index (χ1n) is 6.96. The van der Waals surface area contributed by atoms with Crippen molar-refractivity contribution < 1.29 is 22.7 Å². The number of alkyl halides is 3. The fraction of sp³-hybridized carbons (Fsp3) is 0.846. The van der Waals surface area contributed by atoms with Crippen LogP contribution in [0.15, 0.2) is 0 Å². The van der Waals surface area contributed by atoms with Gasteiger partial charge in [-0.1, -0.05) is 13.3 Å². The van der Waals surface area contributed by atoms with Crippen LogP contribution >= 0.6 is 0 Å². The van der Waals surface area contributed by atoms with E-state index in [2.05, 4.69) is 5.32 Å². The number of morpholine rings is 1. The predicted octanol–water partition coefficient (Wildman–Crippen LogP) is 1.45. The highest BCUT2D eigenvalue weighted by Gasteiger charge is 2.45. The Morgan fingerprint density at radius 1 is 1.43 bits per heavy atom. The van der Waals surface area contributed by atoms with E-state index >= 15 is 0 Å². The number of nitrogens with zero attached hydrogens (tertiary/aromatic N) is 2. The normalized spacial score (nSPS) is 19.6. The number of nitriles is 1. The predicted molar refractivity (Wildman–Crippen MR) is 69.3 cm³/mol. The van der Waals surface area contributed by atoms with Gasteiger partial charge in [-0.15, -0.1) is 0 Å². The molecule has 120 valence electrons. The molecule has 1 saturated heterocycles. The van der Waals surface area contributed by atoms with Gasteiger partial charge in [-0.2, -0.15) is 18.4 Å². The second-order valence-electron chi connectivity index (χ2n) is 4.95. The number of carbonyl (C=O) groups excluding carboxylic acids is 1. The number of rotatable bonds is 6. The van der Waals surface area contributed by atoms with Gasteiger partial charge in [0.15, 0.2) is 0 Å². The monoisotopic (exact) mass is 307 g/mol. The van der Waals surface area contributed by atoms with E-state index in [0.29, 0.717) is 12.8 Å². The Hall–Kier alpha value is -1.33. The van der Waals surface area contributed by atoms with Crippen LogP contribution in [-0.2, 0) is 9.53 Å². The highest BCUT2D eigenvalue weighted by atomic mass is 19.4. The number of hydrogen-bond acceptors (Lipinski definition) is 4. The molecule has 0 spiro atoms. The molecule has 0 bridgehead atoms. The van der Waals surface area contributed by atoms with E-state index in [1.54, 1.807) is 0 Å². The second-order valence-corrected chi connectivity index (χ2v) is 4.95.